The van der Waals surface area contributed by atoms with E-state index in [2.05, 4.69) is 0 Å². The molecule has 6 nitrogen and oxygen atoms in total. The van der Waals surface area contributed by atoms with Crippen LogP contribution < -0.4 is 0 Å². The molecule has 23 heavy (non-hydrogen) atoms. The van der Waals surface area contributed by atoms with Crippen molar-refractivity contribution in [1.29, 1.82) is 0 Å². The fourth-order valence-electron chi connectivity index (χ4n) is 2.26. The van der Waals surface area contributed by atoms with Gasteiger partial charge in [-0.1, -0.05) is 13.0 Å². The minimum atomic E-state index is -3.80. The number of nitrogens with zero attached hydrogens (tertiary/aromatic N) is 2. The molecule has 0 aliphatic heterocycles. The van der Waals surface area contributed by atoms with Crippen LogP contribution in [0.1, 0.15) is 22.9 Å². The Hall–Kier alpha value is -1.77. The second kappa shape index (κ2) is 6.77. The molecule has 0 unspecified atom stereocenters. The lowest BCUT2D eigenvalue weighted by molar-refractivity contribution is -0.385. The van der Waals surface area contributed by atoms with E-state index in [9.17, 15) is 18.5 Å². The predicted octanol–water partition coefficient (Wildman–Crippen LogP) is 3.48. The number of hydrogen-bond acceptors (Lipinski definition) is 5. The second-order valence-electron chi connectivity index (χ2n) is 5.15. The summed E-state index contributed by atoms with van der Waals surface area (Å²) in [4.78, 5) is 11.4. The molecule has 1 heterocycles. The van der Waals surface area contributed by atoms with Crippen molar-refractivity contribution in [3.8, 4) is 0 Å². The highest BCUT2D eigenvalue weighted by Crippen LogP contribution is 2.28. The first-order chi connectivity index (χ1) is 10.8. The molecule has 0 radical (unpaired) electrons. The van der Waals surface area contributed by atoms with Crippen molar-refractivity contribution in [2.45, 2.75) is 32.2 Å². The zero-order valence-electron chi connectivity index (χ0n) is 13.1. The van der Waals surface area contributed by atoms with E-state index >= 15 is 0 Å². The van der Waals surface area contributed by atoms with Gasteiger partial charge in [-0.25, -0.2) is 8.42 Å². The summed E-state index contributed by atoms with van der Waals surface area (Å²) in [5, 5.41) is 12.9. The van der Waals surface area contributed by atoms with Crippen LogP contribution in [0.25, 0.3) is 0 Å². The average molecular weight is 354 g/mol. The average Bonchev–Trinajstić information content (AvgIpc) is 2.99. The summed E-state index contributed by atoms with van der Waals surface area (Å²) >= 11 is 1.48. The Morgan fingerprint density at radius 3 is 2.52 bits per heavy atom. The van der Waals surface area contributed by atoms with Crippen molar-refractivity contribution in [3.05, 3.63) is 55.8 Å². The topological polar surface area (TPSA) is 80.5 Å². The first-order valence-electron chi connectivity index (χ1n) is 7.05. The molecule has 0 atom stereocenters. The molecular weight excluding hydrogens is 336 g/mol. The van der Waals surface area contributed by atoms with Crippen LogP contribution in [0, 0.1) is 24.0 Å². The van der Waals surface area contributed by atoms with Gasteiger partial charge in [-0.2, -0.15) is 4.31 Å². The van der Waals surface area contributed by atoms with Crippen molar-refractivity contribution in [1.82, 2.24) is 4.31 Å². The fourth-order valence-corrected chi connectivity index (χ4v) is 4.81. The molecule has 0 N–H and O–H groups in total. The maximum absolute atomic E-state index is 12.9. The first-order valence-corrected chi connectivity index (χ1v) is 9.37. The number of thiophene rings is 1. The quantitative estimate of drug-likeness (QED) is 0.587. The van der Waals surface area contributed by atoms with E-state index in [1.807, 2.05) is 17.5 Å². The molecular formula is C15H18N2O4S2. The molecule has 0 aliphatic carbocycles. The predicted molar refractivity (Wildman–Crippen MR) is 90.2 cm³/mol. The van der Waals surface area contributed by atoms with Crippen LogP contribution in [-0.2, 0) is 16.6 Å². The van der Waals surface area contributed by atoms with Gasteiger partial charge in [0.05, 0.1) is 9.82 Å². The van der Waals surface area contributed by atoms with Crippen molar-refractivity contribution < 1.29 is 13.3 Å². The van der Waals surface area contributed by atoms with Crippen LogP contribution in [0.3, 0.4) is 0 Å². The van der Waals surface area contributed by atoms with Crippen LogP contribution in [0.5, 0.6) is 0 Å². The molecule has 0 amide bonds. The molecule has 0 fully saturated rings. The molecule has 2 rings (SSSR count). The molecule has 0 saturated carbocycles. The molecule has 2 aromatic rings. The highest BCUT2D eigenvalue weighted by atomic mass is 32.2. The summed E-state index contributed by atoms with van der Waals surface area (Å²) in [5.41, 5.74) is 0.920. The van der Waals surface area contributed by atoms with Gasteiger partial charge < -0.3 is 0 Å². The van der Waals surface area contributed by atoms with Crippen LogP contribution >= 0.6 is 11.3 Å². The van der Waals surface area contributed by atoms with Gasteiger partial charge in [-0.3, -0.25) is 10.1 Å². The first kappa shape index (κ1) is 17.6. The van der Waals surface area contributed by atoms with E-state index in [1.54, 1.807) is 20.8 Å². The maximum Gasteiger partial charge on any atom is 0.271 e. The zero-order valence-corrected chi connectivity index (χ0v) is 14.8. The third-order valence-corrected chi connectivity index (χ3v) is 6.61. The van der Waals surface area contributed by atoms with Crippen LogP contribution in [0.4, 0.5) is 5.69 Å². The van der Waals surface area contributed by atoms with Crippen molar-refractivity contribution in [3.63, 3.8) is 0 Å². The van der Waals surface area contributed by atoms with E-state index in [0.29, 0.717) is 17.7 Å². The van der Waals surface area contributed by atoms with Crippen LogP contribution in [0.15, 0.2) is 34.5 Å². The number of rotatable bonds is 6. The number of benzene rings is 1. The molecule has 0 spiro atoms. The molecule has 1 aromatic heterocycles. The van der Waals surface area contributed by atoms with Gasteiger partial charge in [0.25, 0.3) is 5.69 Å². The highest BCUT2D eigenvalue weighted by Gasteiger charge is 2.28. The number of aryl methyl sites for hydroxylation is 1. The lowest BCUT2D eigenvalue weighted by Crippen LogP contribution is -2.30. The highest BCUT2D eigenvalue weighted by molar-refractivity contribution is 7.89. The molecule has 124 valence electrons. The zero-order chi connectivity index (χ0) is 17.2. The Balaban J connectivity index is 2.51. The summed E-state index contributed by atoms with van der Waals surface area (Å²) in [6.07, 6.45) is 0. The van der Waals surface area contributed by atoms with E-state index in [4.69, 9.17) is 0 Å². The fraction of sp³-hybridized carbons (Fsp3) is 0.333. The second-order valence-corrected chi connectivity index (χ2v) is 8.09. The van der Waals surface area contributed by atoms with Gasteiger partial charge >= 0.3 is 0 Å². The lowest BCUT2D eigenvalue weighted by Gasteiger charge is -2.21. The van der Waals surface area contributed by atoms with E-state index in [0.717, 1.165) is 10.9 Å². The molecule has 0 saturated heterocycles. The Morgan fingerprint density at radius 2 is 2.00 bits per heavy atom. The minimum absolute atomic E-state index is 0.00241. The molecule has 0 aliphatic rings. The summed E-state index contributed by atoms with van der Waals surface area (Å²) < 4.78 is 27.2. The number of nitro groups is 1. The van der Waals surface area contributed by atoms with Gasteiger partial charge in [-0.05, 0) is 36.4 Å². The van der Waals surface area contributed by atoms with Gasteiger partial charge in [-0.15, -0.1) is 11.3 Å². The smallest absolute Gasteiger partial charge is 0.258 e. The molecule has 0 bridgehead atoms. The number of non-ortho nitro benzene ring substituents is 1. The SMILES string of the molecule is CCN(Cc1cccs1)S(=O)(=O)c1cc([N+](=O)[O-])cc(C)c1C. The van der Waals surface area contributed by atoms with Gasteiger partial charge in [0, 0.05) is 30.1 Å². The van der Waals surface area contributed by atoms with Crippen molar-refractivity contribution in [2.24, 2.45) is 0 Å². The Morgan fingerprint density at radius 1 is 1.30 bits per heavy atom. The summed E-state index contributed by atoms with van der Waals surface area (Å²) in [7, 11) is -3.80. The van der Waals surface area contributed by atoms with Crippen LogP contribution in [0.2, 0.25) is 0 Å². The number of nitro benzene ring substituents is 1. The Bertz CT molecular complexity index is 814. The van der Waals surface area contributed by atoms with Crippen LogP contribution in [-0.4, -0.2) is 24.2 Å². The normalized spacial score (nSPS) is 11.8. The maximum atomic E-state index is 12.9. The van der Waals surface area contributed by atoms with E-state index in [-0.39, 0.29) is 17.1 Å². The molecule has 8 heteroatoms. The van der Waals surface area contributed by atoms with Gasteiger partial charge in [0.2, 0.25) is 10.0 Å². The van der Waals surface area contributed by atoms with Crippen molar-refractivity contribution in [2.75, 3.05) is 6.54 Å². The third-order valence-electron chi connectivity index (χ3n) is 3.70. The van der Waals surface area contributed by atoms with E-state index in [1.165, 1.54) is 21.7 Å². The standard InChI is InChI=1S/C15H18N2O4S2/c1-4-16(10-14-6-5-7-22-14)23(20,21)15-9-13(17(18)19)8-11(2)12(15)3/h5-9H,4,10H2,1-3H3. The lowest BCUT2D eigenvalue weighted by atomic mass is 10.1. The molecule has 1 aromatic carbocycles. The van der Waals surface area contributed by atoms with Gasteiger partial charge in [0.15, 0.2) is 0 Å². The number of hydrogen-bond donors (Lipinski definition) is 0. The Kier molecular flexibility index (Phi) is 5.18. The van der Waals surface area contributed by atoms with E-state index < -0.39 is 14.9 Å². The Labute approximate surface area is 139 Å². The van der Waals surface area contributed by atoms with Gasteiger partial charge in [0.1, 0.15) is 0 Å². The number of sulfonamides is 1. The summed E-state index contributed by atoms with van der Waals surface area (Å²) in [6, 6.07) is 6.27. The monoisotopic (exact) mass is 354 g/mol. The summed E-state index contributed by atoms with van der Waals surface area (Å²) in [5.74, 6) is 0. The summed E-state index contributed by atoms with van der Waals surface area (Å²) in [6.45, 7) is 5.66. The minimum Gasteiger partial charge on any atom is -0.258 e. The van der Waals surface area contributed by atoms with Crippen molar-refractivity contribution >= 4 is 27.0 Å². The third kappa shape index (κ3) is 3.60. The largest absolute Gasteiger partial charge is 0.271 e.